The maximum absolute atomic E-state index is 12.2. The van der Waals surface area contributed by atoms with Gasteiger partial charge < -0.3 is 14.8 Å². The molecule has 3 rings (SSSR count). The van der Waals surface area contributed by atoms with E-state index in [1.54, 1.807) is 36.5 Å². The lowest BCUT2D eigenvalue weighted by molar-refractivity contribution is -0.119. The number of nitrogens with one attached hydrogen (secondary N) is 1. The SMILES string of the molecule is CCOc1ccccc1C(=O)OCC(=O)Nc1ccnn1C1CCCC1. The second kappa shape index (κ2) is 8.51. The van der Waals surface area contributed by atoms with Gasteiger partial charge >= 0.3 is 5.97 Å². The van der Waals surface area contributed by atoms with Crippen molar-refractivity contribution in [3.05, 3.63) is 42.1 Å². The number of esters is 1. The molecule has 0 spiro atoms. The number of para-hydroxylation sites is 1. The van der Waals surface area contributed by atoms with E-state index in [2.05, 4.69) is 10.4 Å². The van der Waals surface area contributed by atoms with Gasteiger partial charge in [0.25, 0.3) is 5.91 Å². The first kappa shape index (κ1) is 18.0. The van der Waals surface area contributed by atoms with Crippen LogP contribution in [0.3, 0.4) is 0 Å². The Morgan fingerprint density at radius 3 is 2.77 bits per heavy atom. The van der Waals surface area contributed by atoms with Crippen LogP contribution in [0.5, 0.6) is 5.75 Å². The van der Waals surface area contributed by atoms with E-state index >= 15 is 0 Å². The smallest absolute Gasteiger partial charge is 0.342 e. The molecule has 1 heterocycles. The van der Waals surface area contributed by atoms with Gasteiger partial charge in [-0.1, -0.05) is 25.0 Å². The van der Waals surface area contributed by atoms with Gasteiger partial charge in [-0.05, 0) is 31.9 Å². The molecule has 2 aromatic rings. The van der Waals surface area contributed by atoms with Crippen LogP contribution in [-0.2, 0) is 9.53 Å². The highest BCUT2D eigenvalue weighted by Crippen LogP contribution is 2.31. The number of nitrogens with zero attached hydrogens (tertiary/aromatic N) is 2. The third-order valence-corrected chi connectivity index (χ3v) is 4.35. The first-order valence-electron chi connectivity index (χ1n) is 8.91. The van der Waals surface area contributed by atoms with Crippen molar-refractivity contribution in [2.75, 3.05) is 18.5 Å². The minimum absolute atomic E-state index is 0.304. The van der Waals surface area contributed by atoms with Gasteiger partial charge in [-0.3, -0.25) is 4.79 Å². The summed E-state index contributed by atoms with van der Waals surface area (Å²) in [5, 5.41) is 7.07. The van der Waals surface area contributed by atoms with Gasteiger partial charge in [0.05, 0.1) is 18.8 Å². The Kier molecular flexibility index (Phi) is 5.88. The molecule has 0 radical (unpaired) electrons. The summed E-state index contributed by atoms with van der Waals surface area (Å²) in [5.41, 5.74) is 0.304. The van der Waals surface area contributed by atoms with Gasteiger partial charge in [-0.2, -0.15) is 5.10 Å². The van der Waals surface area contributed by atoms with Crippen molar-refractivity contribution in [1.82, 2.24) is 9.78 Å². The highest BCUT2D eigenvalue weighted by molar-refractivity contribution is 5.96. The summed E-state index contributed by atoms with van der Waals surface area (Å²) in [4.78, 5) is 24.4. The van der Waals surface area contributed by atoms with Gasteiger partial charge in [0.1, 0.15) is 17.1 Å². The van der Waals surface area contributed by atoms with Crippen molar-refractivity contribution >= 4 is 17.7 Å². The number of rotatable bonds is 7. The van der Waals surface area contributed by atoms with Crippen LogP contribution in [0.2, 0.25) is 0 Å². The summed E-state index contributed by atoms with van der Waals surface area (Å²) in [6, 6.07) is 8.88. The summed E-state index contributed by atoms with van der Waals surface area (Å²) >= 11 is 0. The number of ether oxygens (including phenoxy) is 2. The third-order valence-electron chi connectivity index (χ3n) is 4.35. The van der Waals surface area contributed by atoms with Gasteiger partial charge in [-0.15, -0.1) is 0 Å². The zero-order valence-corrected chi connectivity index (χ0v) is 14.8. The molecule has 1 N–H and O–H groups in total. The molecule has 0 aliphatic heterocycles. The summed E-state index contributed by atoms with van der Waals surface area (Å²) in [7, 11) is 0. The zero-order valence-electron chi connectivity index (χ0n) is 14.8. The van der Waals surface area contributed by atoms with Crippen molar-refractivity contribution in [3.8, 4) is 5.75 Å². The summed E-state index contributed by atoms with van der Waals surface area (Å²) < 4.78 is 12.4. The van der Waals surface area contributed by atoms with Crippen LogP contribution in [0, 0.1) is 0 Å². The monoisotopic (exact) mass is 357 g/mol. The highest BCUT2D eigenvalue weighted by atomic mass is 16.5. The number of hydrogen-bond donors (Lipinski definition) is 1. The fourth-order valence-corrected chi connectivity index (χ4v) is 3.16. The molecule has 1 saturated carbocycles. The lowest BCUT2D eigenvalue weighted by atomic mass is 10.2. The molecule has 0 saturated heterocycles. The predicted octanol–water partition coefficient (Wildman–Crippen LogP) is 3.19. The molecular weight excluding hydrogens is 334 g/mol. The van der Waals surface area contributed by atoms with Crippen molar-refractivity contribution in [2.45, 2.75) is 38.6 Å². The minimum Gasteiger partial charge on any atom is -0.493 e. The van der Waals surface area contributed by atoms with E-state index < -0.39 is 11.9 Å². The normalized spacial score (nSPS) is 14.2. The zero-order chi connectivity index (χ0) is 18.4. The molecule has 7 heteroatoms. The Morgan fingerprint density at radius 2 is 2.00 bits per heavy atom. The first-order valence-corrected chi connectivity index (χ1v) is 8.91. The van der Waals surface area contributed by atoms with Crippen LogP contribution in [0.4, 0.5) is 5.82 Å². The van der Waals surface area contributed by atoms with Crippen LogP contribution in [0.1, 0.15) is 49.0 Å². The number of carbonyl (C=O) groups is 2. The highest BCUT2D eigenvalue weighted by Gasteiger charge is 2.21. The molecule has 0 bridgehead atoms. The molecule has 1 aliphatic rings. The van der Waals surface area contributed by atoms with Gasteiger partial charge in [0, 0.05) is 6.07 Å². The fraction of sp³-hybridized carbons (Fsp3) is 0.421. The Morgan fingerprint density at radius 1 is 1.23 bits per heavy atom. The van der Waals surface area contributed by atoms with Gasteiger partial charge in [0.15, 0.2) is 6.61 Å². The number of aromatic nitrogens is 2. The van der Waals surface area contributed by atoms with E-state index in [0.717, 1.165) is 12.8 Å². The molecule has 1 fully saturated rings. The van der Waals surface area contributed by atoms with Crippen molar-refractivity contribution in [2.24, 2.45) is 0 Å². The molecule has 0 atom stereocenters. The van der Waals surface area contributed by atoms with Gasteiger partial charge in [-0.25, -0.2) is 9.48 Å². The van der Waals surface area contributed by atoms with E-state index in [1.807, 2.05) is 11.6 Å². The maximum Gasteiger partial charge on any atom is 0.342 e. The van der Waals surface area contributed by atoms with E-state index in [4.69, 9.17) is 9.47 Å². The Hall–Kier alpha value is -2.83. The summed E-state index contributed by atoms with van der Waals surface area (Å²) in [6.07, 6.45) is 6.14. The number of amides is 1. The van der Waals surface area contributed by atoms with E-state index in [-0.39, 0.29) is 6.61 Å². The molecule has 138 valence electrons. The quantitative estimate of drug-likeness (QED) is 0.770. The lowest BCUT2D eigenvalue weighted by Crippen LogP contribution is -2.23. The predicted molar refractivity (Wildman–Crippen MR) is 96.3 cm³/mol. The van der Waals surface area contributed by atoms with Crippen LogP contribution in [0.25, 0.3) is 0 Å². The van der Waals surface area contributed by atoms with E-state index in [0.29, 0.717) is 29.8 Å². The Bertz CT molecular complexity index is 766. The second-order valence-corrected chi connectivity index (χ2v) is 6.15. The van der Waals surface area contributed by atoms with Crippen molar-refractivity contribution in [1.29, 1.82) is 0 Å². The Balaban J connectivity index is 1.56. The fourth-order valence-electron chi connectivity index (χ4n) is 3.16. The molecule has 1 aromatic carbocycles. The molecule has 26 heavy (non-hydrogen) atoms. The van der Waals surface area contributed by atoms with Crippen LogP contribution < -0.4 is 10.1 Å². The van der Waals surface area contributed by atoms with Crippen molar-refractivity contribution < 1.29 is 19.1 Å². The molecule has 1 amide bonds. The molecule has 1 aliphatic carbocycles. The Labute approximate surface area is 152 Å². The average Bonchev–Trinajstić information content (AvgIpc) is 3.32. The second-order valence-electron chi connectivity index (χ2n) is 6.15. The molecular formula is C19H23N3O4. The van der Waals surface area contributed by atoms with Crippen LogP contribution in [0.15, 0.2) is 36.5 Å². The third kappa shape index (κ3) is 4.22. The first-order chi connectivity index (χ1) is 12.7. The lowest BCUT2D eigenvalue weighted by Gasteiger charge is -2.15. The number of anilines is 1. The number of hydrogen-bond acceptors (Lipinski definition) is 5. The van der Waals surface area contributed by atoms with Crippen LogP contribution in [-0.4, -0.2) is 34.9 Å². The topological polar surface area (TPSA) is 82.4 Å². The summed E-state index contributed by atoms with van der Waals surface area (Å²) in [5.74, 6) is 0.0906. The largest absolute Gasteiger partial charge is 0.493 e. The summed E-state index contributed by atoms with van der Waals surface area (Å²) in [6.45, 7) is 1.91. The minimum atomic E-state index is -0.589. The van der Waals surface area contributed by atoms with Crippen molar-refractivity contribution in [3.63, 3.8) is 0 Å². The van der Waals surface area contributed by atoms with Gasteiger partial charge in [0.2, 0.25) is 0 Å². The molecule has 1 aromatic heterocycles. The maximum atomic E-state index is 12.2. The van der Waals surface area contributed by atoms with E-state index in [1.165, 1.54) is 12.8 Å². The number of carbonyl (C=O) groups excluding carboxylic acids is 2. The molecule has 0 unspecified atom stereocenters. The standard InChI is InChI=1S/C19H23N3O4/c1-2-25-16-10-6-5-9-15(16)19(24)26-13-18(23)21-17-11-12-20-22(17)14-7-3-4-8-14/h5-6,9-12,14H,2-4,7-8,13H2,1H3,(H,21,23). The average molecular weight is 357 g/mol. The van der Waals surface area contributed by atoms with Crippen LogP contribution >= 0.6 is 0 Å². The number of benzene rings is 1. The molecule has 7 nitrogen and oxygen atoms in total. The van der Waals surface area contributed by atoms with E-state index in [9.17, 15) is 9.59 Å².